The quantitative estimate of drug-likeness (QED) is 0.945. The van der Waals surface area contributed by atoms with Crippen molar-refractivity contribution in [1.29, 1.82) is 0 Å². The molecule has 2 heterocycles. The van der Waals surface area contributed by atoms with Crippen LogP contribution in [0.2, 0.25) is 0 Å². The number of fused-ring (bicyclic) bond motifs is 1. The zero-order chi connectivity index (χ0) is 15.7. The van der Waals surface area contributed by atoms with Crippen LogP contribution in [0.5, 0.6) is 0 Å². The molecule has 3 rings (SSSR count). The Bertz CT molecular complexity index is 656. The van der Waals surface area contributed by atoms with E-state index in [1.165, 1.54) is 10.8 Å². The molecule has 0 spiro atoms. The van der Waals surface area contributed by atoms with Crippen molar-refractivity contribution in [3.05, 3.63) is 36.0 Å². The Morgan fingerprint density at radius 1 is 1.32 bits per heavy atom. The van der Waals surface area contributed by atoms with E-state index in [9.17, 15) is 5.11 Å². The molecule has 0 saturated carbocycles. The summed E-state index contributed by atoms with van der Waals surface area (Å²) in [7, 11) is 0. The largest absolute Gasteiger partial charge is 0.392 e. The second kappa shape index (κ2) is 6.23. The van der Waals surface area contributed by atoms with Crippen LogP contribution in [0.3, 0.4) is 0 Å². The molecular formula is C18H25N3O. The molecule has 4 nitrogen and oxygen atoms in total. The number of hydrogen-bond donors (Lipinski definition) is 1. The van der Waals surface area contributed by atoms with Crippen molar-refractivity contribution in [3.63, 3.8) is 0 Å². The van der Waals surface area contributed by atoms with Gasteiger partial charge in [0.15, 0.2) is 0 Å². The van der Waals surface area contributed by atoms with Gasteiger partial charge in [0.05, 0.1) is 6.10 Å². The van der Waals surface area contributed by atoms with Crippen molar-refractivity contribution < 1.29 is 5.11 Å². The van der Waals surface area contributed by atoms with E-state index in [4.69, 9.17) is 4.98 Å². The van der Waals surface area contributed by atoms with E-state index in [-0.39, 0.29) is 6.10 Å². The highest BCUT2D eigenvalue weighted by molar-refractivity contribution is 5.92. The van der Waals surface area contributed by atoms with Gasteiger partial charge in [-0.05, 0) is 32.2 Å². The fraction of sp³-hybridized carbons (Fsp3) is 0.500. The molecule has 2 atom stereocenters. The number of rotatable bonds is 3. The molecule has 1 fully saturated rings. The minimum absolute atomic E-state index is 0.271. The van der Waals surface area contributed by atoms with E-state index in [0.29, 0.717) is 6.04 Å². The summed E-state index contributed by atoms with van der Waals surface area (Å²) in [5, 5.41) is 12.1. The van der Waals surface area contributed by atoms with Gasteiger partial charge in [-0.25, -0.2) is 4.98 Å². The average Bonchev–Trinajstić information content (AvgIpc) is 2.48. The number of hydrogen-bond acceptors (Lipinski definition) is 4. The highest BCUT2D eigenvalue weighted by Crippen LogP contribution is 2.27. The maximum Gasteiger partial charge on any atom is 0.136 e. The van der Waals surface area contributed by atoms with Gasteiger partial charge in [0.2, 0.25) is 0 Å². The van der Waals surface area contributed by atoms with Crippen molar-refractivity contribution in [2.75, 3.05) is 31.1 Å². The standard InChI is InChI=1S/C18H25N3O/c1-13-10-16-6-4-5-7-17(16)18(19-13)21-9-8-20(12-15(3)22)14(2)11-21/h4-7,10,14-15,22H,8-9,11-12H2,1-3H3. The topological polar surface area (TPSA) is 39.6 Å². The maximum absolute atomic E-state index is 9.62. The normalized spacial score (nSPS) is 21.3. The lowest BCUT2D eigenvalue weighted by Gasteiger charge is -2.41. The molecular weight excluding hydrogens is 274 g/mol. The van der Waals surface area contributed by atoms with Crippen LogP contribution in [0, 0.1) is 6.92 Å². The van der Waals surface area contributed by atoms with E-state index in [2.05, 4.69) is 54.0 Å². The Kier molecular flexibility index (Phi) is 4.32. The van der Waals surface area contributed by atoms with Gasteiger partial charge in [-0.1, -0.05) is 24.3 Å². The third-order valence-corrected chi connectivity index (χ3v) is 4.41. The van der Waals surface area contributed by atoms with Crippen molar-refractivity contribution in [2.45, 2.75) is 32.9 Å². The van der Waals surface area contributed by atoms with Gasteiger partial charge in [0.25, 0.3) is 0 Å². The van der Waals surface area contributed by atoms with Gasteiger partial charge in [-0.3, -0.25) is 4.90 Å². The smallest absolute Gasteiger partial charge is 0.136 e. The Labute approximate surface area is 132 Å². The zero-order valence-electron chi connectivity index (χ0n) is 13.7. The van der Waals surface area contributed by atoms with Crippen LogP contribution in [0.4, 0.5) is 5.82 Å². The van der Waals surface area contributed by atoms with Crippen LogP contribution in [-0.4, -0.2) is 53.3 Å². The van der Waals surface area contributed by atoms with Gasteiger partial charge >= 0.3 is 0 Å². The number of aliphatic hydroxyl groups excluding tert-OH is 1. The molecule has 1 N–H and O–H groups in total. The molecule has 0 radical (unpaired) electrons. The molecule has 1 aromatic carbocycles. The van der Waals surface area contributed by atoms with Crippen molar-refractivity contribution >= 4 is 16.6 Å². The molecule has 4 heteroatoms. The minimum atomic E-state index is -0.271. The summed E-state index contributed by atoms with van der Waals surface area (Å²) in [6.45, 7) is 9.77. The molecule has 0 bridgehead atoms. The highest BCUT2D eigenvalue weighted by atomic mass is 16.3. The Hall–Kier alpha value is -1.65. The molecule has 1 aliphatic heterocycles. The number of aromatic nitrogens is 1. The number of piperazine rings is 1. The molecule has 0 aliphatic carbocycles. The van der Waals surface area contributed by atoms with Gasteiger partial charge in [-0.2, -0.15) is 0 Å². The average molecular weight is 299 g/mol. The van der Waals surface area contributed by atoms with Gasteiger partial charge in [-0.15, -0.1) is 0 Å². The van der Waals surface area contributed by atoms with Crippen molar-refractivity contribution in [3.8, 4) is 0 Å². The summed E-state index contributed by atoms with van der Waals surface area (Å²) in [4.78, 5) is 9.55. The second-order valence-corrected chi connectivity index (χ2v) is 6.45. The van der Waals surface area contributed by atoms with Crippen LogP contribution in [0.1, 0.15) is 19.5 Å². The number of β-amino-alcohol motifs (C(OH)–C–C–N with tert-alkyl or cyclic N) is 1. The number of pyridine rings is 1. The lowest BCUT2D eigenvalue weighted by atomic mass is 10.1. The van der Waals surface area contributed by atoms with Gasteiger partial charge < -0.3 is 10.0 Å². The summed E-state index contributed by atoms with van der Waals surface area (Å²) < 4.78 is 0. The lowest BCUT2D eigenvalue weighted by molar-refractivity contribution is 0.0959. The van der Waals surface area contributed by atoms with E-state index in [1.54, 1.807) is 0 Å². The summed E-state index contributed by atoms with van der Waals surface area (Å²) in [6.07, 6.45) is -0.271. The maximum atomic E-state index is 9.62. The molecule has 2 aromatic rings. The van der Waals surface area contributed by atoms with E-state index < -0.39 is 0 Å². The third kappa shape index (κ3) is 3.08. The van der Waals surface area contributed by atoms with Crippen LogP contribution in [0.15, 0.2) is 30.3 Å². The monoisotopic (exact) mass is 299 g/mol. The Balaban J connectivity index is 1.87. The number of aryl methyl sites for hydroxylation is 1. The molecule has 1 saturated heterocycles. The Morgan fingerprint density at radius 2 is 2.09 bits per heavy atom. The number of aliphatic hydroxyl groups is 1. The predicted octanol–water partition coefficient (Wildman–Crippen LogP) is 2.43. The number of benzene rings is 1. The van der Waals surface area contributed by atoms with Crippen molar-refractivity contribution in [2.24, 2.45) is 0 Å². The Morgan fingerprint density at radius 3 is 2.82 bits per heavy atom. The molecule has 2 unspecified atom stereocenters. The molecule has 118 valence electrons. The SMILES string of the molecule is Cc1cc2ccccc2c(N2CCN(CC(C)O)C(C)C2)n1. The van der Waals surface area contributed by atoms with E-state index in [0.717, 1.165) is 37.7 Å². The molecule has 1 aliphatic rings. The first kappa shape index (κ1) is 15.3. The summed E-state index contributed by atoms with van der Waals surface area (Å²) in [6, 6.07) is 11.0. The summed E-state index contributed by atoms with van der Waals surface area (Å²) in [5.74, 6) is 1.10. The molecule has 22 heavy (non-hydrogen) atoms. The second-order valence-electron chi connectivity index (χ2n) is 6.45. The number of anilines is 1. The molecule has 1 aromatic heterocycles. The van der Waals surface area contributed by atoms with Crippen LogP contribution >= 0.6 is 0 Å². The minimum Gasteiger partial charge on any atom is -0.392 e. The molecule has 0 amide bonds. The first-order chi connectivity index (χ1) is 10.5. The zero-order valence-corrected chi connectivity index (χ0v) is 13.7. The number of nitrogens with zero attached hydrogens (tertiary/aromatic N) is 3. The fourth-order valence-corrected chi connectivity index (χ4v) is 3.35. The lowest BCUT2D eigenvalue weighted by Crippen LogP contribution is -2.53. The summed E-state index contributed by atoms with van der Waals surface area (Å²) in [5.41, 5.74) is 1.06. The first-order valence-electron chi connectivity index (χ1n) is 8.08. The van der Waals surface area contributed by atoms with Crippen molar-refractivity contribution in [1.82, 2.24) is 9.88 Å². The van der Waals surface area contributed by atoms with Crippen LogP contribution in [0.25, 0.3) is 10.8 Å². The first-order valence-corrected chi connectivity index (χ1v) is 8.08. The van der Waals surface area contributed by atoms with Crippen LogP contribution in [-0.2, 0) is 0 Å². The van der Waals surface area contributed by atoms with Gasteiger partial charge in [0.1, 0.15) is 5.82 Å². The third-order valence-electron chi connectivity index (χ3n) is 4.41. The predicted molar refractivity (Wildman–Crippen MR) is 91.4 cm³/mol. The van der Waals surface area contributed by atoms with Crippen LogP contribution < -0.4 is 4.90 Å². The highest BCUT2D eigenvalue weighted by Gasteiger charge is 2.26. The van der Waals surface area contributed by atoms with E-state index >= 15 is 0 Å². The van der Waals surface area contributed by atoms with Gasteiger partial charge in [0, 0.05) is 43.3 Å². The fourth-order valence-electron chi connectivity index (χ4n) is 3.35. The summed E-state index contributed by atoms with van der Waals surface area (Å²) >= 11 is 0. The van der Waals surface area contributed by atoms with E-state index in [1.807, 2.05) is 6.92 Å².